The van der Waals surface area contributed by atoms with Gasteiger partial charge in [0.1, 0.15) is 24.0 Å². The molecule has 5 aromatic rings. The number of carboxylic acids is 1. The maximum atomic E-state index is 12.3. The van der Waals surface area contributed by atoms with Crippen molar-refractivity contribution in [3.8, 4) is 11.8 Å². The number of nitriles is 1. The summed E-state index contributed by atoms with van der Waals surface area (Å²) < 4.78 is 11.5. The van der Waals surface area contributed by atoms with Gasteiger partial charge in [0.05, 0.1) is 34.4 Å². The van der Waals surface area contributed by atoms with Crippen LogP contribution in [0.3, 0.4) is 0 Å². The summed E-state index contributed by atoms with van der Waals surface area (Å²) >= 11 is 1.30. The van der Waals surface area contributed by atoms with E-state index in [0.717, 1.165) is 28.2 Å². The number of aliphatic carboxylic acids is 1. The fraction of sp³-hybridized carbons (Fsp3) is 0.161. The van der Waals surface area contributed by atoms with E-state index in [1.54, 1.807) is 18.2 Å². The summed E-state index contributed by atoms with van der Waals surface area (Å²) in [5.74, 6) is -0.212. The van der Waals surface area contributed by atoms with Crippen LogP contribution in [0.25, 0.3) is 21.9 Å². The van der Waals surface area contributed by atoms with Gasteiger partial charge in [-0.3, -0.25) is 9.59 Å². The number of aliphatic hydroxyl groups is 1. The van der Waals surface area contributed by atoms with Gasteiger partial charge in [-0.25, -0.2) is 4.98 Å². The average Bonchev–Trinajstić information content (AvgIpc) is 2.97. The zero-order valence-corrected chi connectivity index (χ0v) is 22.0. The van der Waals surface area contributed by atoms with Crippen LogP contribution < -0.4 is 10.2 Å². The highest BCUT2D eigenvalue weighted by molar-refractivity contribution is 7.99. The number of carboxylic acid groups (broad SMARTS) is 1. The van der Waals surface area contributed by atoms with Crippen molar-refractivity contribution in [3.05, 3.63) is 118 Å². The average molecular weight is 553 g/mol. The number of thioether (sulfide) groups is 1. The zero-order chi connectivity index (χ0) is 28.1. The van der Waals surface area contributed by atoms with Gasteiger partial charge in [0.2, 0.25) is 5.76 Å². The molecule has 0 fully saturated rings. The monoisotopic (exact) mass is 552 g/mol. The van der Waals surface area contributed by atoms with Gasteiger partial charge in [-0.1, -0.05) is 42.5 Å². The predicted octanol–water partition coefficient (Wildman–Crippen LogP) is 5.77. The Hall–Kier alpha value is -4.65. The van der Waals surface area contributed by atoms with Crippen LogP contribution >= 0.6 is 11.8 Å². The molecule has 0 aliphatic carbocycles. The molecular weight excluding hydrogens is 528 g/mol. The maximum absolute atomic E-state index is 12.3. The lowest BCUT2D eigenvalue weighted by Crippen LogP contribution is -2.11. The molecule has 2 unspecified atom stereocenters. The Morgan fingerprint density at radius 1 is 1.02 bits per heavy atom. The van der Waals surface area contributed by atoms with Crippen molar-refractivity contribution in [1.29, 1.82) is 5.26 Å². The van der Waals surface area contributed by atoms with Crippen LogP contribution in [0.4, 0.5) is 0 Å². The molecule has 2 aromatic heterocycles. The number of nitrogens with zero attached hydrogens (tertiary/aromatic N) is 2. The van der Waals surface area contributed by atoms with Crippen LogP contribution in [0, 0.1) is 11.3 Å². The van der Waals surface area contributed by atoms with Gasteiger partial charge in [-0.15, -0.1) is 0 Å². The SMILES string of the molecule is N#Cc1cc(=O)c2ccc(C(O)C(SCCC(=O)O)c3cccc(OCc4ccc5ccccc5n4)c3)cc2o1. The molecule has 2 heterocycles. The number of aromatic nitrogens is 1. The molecule has 2 atom stereocenters. The summed E-state index contributed by atoms with van der Waals surface area (Å²) in [6, 6.07) is 26.7. The summed E-state index contributed by atoms with van der Waals surface area (Å²) in [5.41, 5.74) is 2.69. The van der Waals surface area contributed by atoms with Crippen LogP contribution in [0.15, 0.2) is 94.1 Å². The summed E-state index contributed by atoms with van der Waals surface area (Å²) in [5, 5.41) is 30.6. The Morgan fingerprint density at radius 2 is 1.88 bits per heavy atom. The smallest absolute Gasteiger partial charge is 0.304 e. The molecule has 0 bridgehead atoms. The zero-order valence-electron chi connectivity index (χ0n) is 21.2. The van der Waals surface area contributed by atoms with E-state index in [9.17, 15) is 14.7 Å². The normalized spacial score (nSPS) is 12.6. The number of pyridine rings is 1. The molecule has 8 nitrogen and oxygen atoms in total. The van der Waals surface area contributed by atoms with E-state index in [1.807, 2.05) is 66.7 Å². The molecule has 0 aliphatic rings. The molecule has 5 rings (SSSR count). The first-order valence-corrected chi connectivity index (χ1v) is 13.5. The first-order chi connectivity index (χ1) is 19.4. The van der Waals surface area contributed by atoms with E-state index in [0.29, 0.717) is 16.7 Å². The first-order valence-electron chi connectivity index (χ1n) is 12.5. The van der Waals surface area contributed by atoms with Crippen molar-refractivity contribution in [1.82, 2.24) is 4.98 Å². The highest BCUT2D eigenvalue weighted by atomic mass is 32.2. The lowest BCUT2D eigenvalue weighted by molar-refractivity contribution is -0.136. The minimum absolute atomic E-state index is 0.0736. The van der Waals surface area contributed by atoms with E-state index in [-0.39, 0.29) is 35.6 Å². The topological polar surface area (TPSA) is 134 Å². The lowest BCUT2D eigenvalue weighted by atomic mass is 9.99. The largest absolute Gasteiger partial charge is 0.487 e. The second-order valence-electron chi connectivity index (χ2n) is 9.08. The van der Waals surface area contributed by atoms with Crippen LogP contribution in [0.2, 0.25) is 0 Å². The summed E-state index contributed by atoms with van der Waals surface area (Å²) in [4.78, 5) is 28.1. The summed E-state index contributed by atoms with van der Waals surface area (Å²) in [7, 11) is 0. The van der Waals surface area contributed by atoms with Crippen LogP contribution in [-0.4, -0.2) is 26.9 Å². The maximum Gasteiger partial charge on any atom is 0.304 e. The van der Waals surface area contributed by atoms with Gasteiger partial charge < -0.3 is 19.4 Å². The van der Waals surface area contributed by atoms with E-state index < -0.39 is 17.3 Å². The quantitative estimate of drug-likeness (QED) is 0.221. The summed E-state index contributed by atoms with van der Waals surface area (Å²) in [6.07, 6.45) is -1.15. The molecular formula is C31H24N2O6S. The predicted molar refractivity (Wildman–Crippen MR) is 152 cm³/mol. The van der Waals surface area contributed by atoms with Gasteiger partial charge >= 0.3 is 5.97 Å². The fourth-order valence-electron chi connectivity index (χ4n) is 4.36. The Labute approximate surface area is 233 Å². The summed E-state index contributed by atoms with van der Waals surface area (Å²) in [6.45, 7) is 0.249. The molecule has 40 heavy (non-hydrogen) atoms. The molecule has 2 N–H and O–H groups in total. The second-order valence-corrected chi connectivity index (χ2v) is 10.3. The minimum atomic E-state index is -1.07. The van der Waals surface area contributed by atoms with Gasteiger partial charge in [0.15, 0.2) is 5.43 Å². The van der Waals surface area contributed by atoms with Crippen LogP contribution in [0.5, 0.6) is 5.75 Å². The Morgan fingerprint density at radius 3 is 2.70 bits per heavy atom. The number of carbonyl (C=O) groups is 1. The van der Waals surface area contributed by atoms with E-state index in [2.05, 4.69) is 4.98 Å². The number of hydrogen-bond acceptors (Lipinski definition) is 8. The number of para-hydroxylation sites is 1. The molecule has 0 aliphatic heterocycles. The number of rotatable bonds is 10. The lowest BCUT2D eigenvalue weighted by Gasteiger charge is -2.24. The number of hydrogen-bond donors (Lipinski definition) is 2. The second kappa shape index (κ2) is 12.0. The molecule has 0 saturated heterocycles. The van der Waals surface area contributed by atoms with E-state index in [1.165, 1.54) is 11.8 Å². The number of benzene rings is 3. The van der Waals surface area contributed by atoms with Crippen molar-refractivity contribution in [2.24, 2.45) is 0 Å². The van der Waals surface area contributed by atoms with Crippen molar-refractivity contribution in [2.75, 3.05) is 5.75 Å². The third-order valence-corrected chi connectivity index (χ3v) is 7.66. The molecule has 0 spiro atoms. The van der Waals surface area contributed by atoms with Gasteiger partial charge in [-0.2, -0.15) is 17.0 Å². The molecule has 0 amide bonds. The highest BCUT2D eigenvalue weighted by Crippen LogP contribution is 2.42. The van der Waals surface area contributed by atoms with Gasteiger partial charge in [-0.05, 0) is 47.5 Å². The van der Waals surface area contributed by atoms with Crippen molar-refractivity contribution < 1.29 is 24.2 Å². The third-order valence-electron chi connectivity index (χ3n) is 6.33. The molecule has 0 saturated carbocycles. The Bertz CT molecular complexity index is 1800. The standard InChI is InChI=1S/C31H24N2O6S/c32-17-24-16-27(34)25-11-9-20(15-28(25)39-24)30(37)31(40-13-12-29(35)36)21-5-3-6-23(14-21)38-18-22-10-8-19-4-1-2-7-26(19)33-22/h1-11,14-16,30-31,37H,12-13,18H2,(H,35,36). The van der Waals surface area contributed by atoms with Crippen molar-refractivity contribution in [2.45, 2.75) is 24.4 Å². The molecule has 9 heteroatoms. The first kappa shape index (κ1) is 26.9. The Balaban J connectivity index is 1.41. The third kappa shape index (κ3) is 6.15. The van der Waals surface area contributed by atoms with Gasteiger partial charge in [0.25, 0.3) is 0 Å². The van der Waals surface area contributed by atoms with Crippen LogP contribution in [0.1, 0.15) is 40.4 Å². The van der Waals surface area contributed by atoms with Crippen molar-refractivity contribution >= 4 is 39.6 Å². The Kier molecular flexibility index (Phi) is 8.10. The van der Waals surface area contributed by atoms with E-state index >= 15 is 0 Å². The minimum Gasteiger partial charge on any atom is -0.487 e. The highest BCUT2D eigenvalue weighted by Gasteiger charge is 2.25. The van der Waals surface area contributed by atoms with Crippen molar-refractivity contribution in [3.63, 3.8) is 0 Å². The number of aliphatic hydroxyl groups excluding tert-OH is 1. The van der Waals surface area contributed by atoms with Crippen LogP contribution in [-0.2, 0) is 11.4 Å². The molecule has 200 valence electrons. The fourth-order valence-corrected chi connectivity index (χ4v) is 5.58. The number of ether oxygens (including phenoxy) is 1. The van der Waals surface area contributed by atoms with E-state index in [4.69, 9.17) is 19.5 Å². The number of fused-ring (bicyclic) bond motifs is 2. The molecule has 0 radical (unpaired) electrons. The van der Waals surface area contributed by atoms with Gasteiger partial charge in [0, 0.05) is 17.2 Å². The molecule has 3 aromatic carbocycles.